The first kappa shape index (κ1) is 16.6. The fraction of sp³-hybridized carbons (Fsp3) is 0.737. The molecule has 1 saturated carbocycles. The summed E-state index contributed by atoms with van der Waals surface area (Å²) in [5, 5.41) is 10.5. The van der Waals surface area contributed by atoms with E-state index in [9.17, 15) is 9.59 Å². The zero-order valence-corrected chi connectivity index (χ0v) is 14.9. The Morgan fingerprint density at radius 3 is 2.72 bits per heavy atom. The molecule has 2 heterocycles. The molecule has 3 aliphatic rings. The summed E-state index contributed by atoms with van der Waals surface area (Å²) in [5.41, 5.74) is 2.80. The zero-order chi connectivity index (χ0) is 17.2. The topological polar surface area (TPSA) is 78.1 Å². The van der Waals surface area contributed by atoms with E-state index in [1.165, 1.54) is 19.3 Å². The van der Waals surface area contributed by atoms with Crippen LogP contribution in [0.3, 0.4) is 0 Å². The maximum atomic E-state index is 12.9. The van der Waals surface area contributed by atoms with Crippen molar-refractivity contribution >= 4 is 11.8 Å². The minimum Gasteiger partial charge on any atom is -0.353 e. The van der Waals surface area contributed by atoms with Gasteiger partial charge in [0.1, 0.15) is 0 Å². The normalized spacial score (nSPS) is 24.2. The Labute approximate surface area is 148 Å². The maximum Gasteiger partial charge on any atom is 0.274 e. The highest BCUT2D eigenvalue weighted by Crippen LogP contribution is 2.26. The van der Waals surface area contributed by atoms with Crippen molar-refractivity contribution in [3.8, 4) is 0 Å². The number of rotatable bonds is 3. The molecular formula is C19H28N4O2. The molecule has 0 bridgehead atoms. The molecule has 4 rings (SSSR count). The lowest BCUT2D eigenvalue weighted by molar-refractivity contribution is -0.127. The molecule has 0 spiro atoms. The molecule has 1 unspecified atom stereocenters. The molecule has 2 N–H and O–H groups in total. The molecule has 6 heteroatoms. The molecule has 2 aliphatic carbocycles. The van der Waals surface area contributed by atoms with E-state index in [1.54, 1.807) is 0 Å². The first-order chi connectivity index (χ1) is 12.2. The summed E-state index contributed by atoms with van der Waals surface area (Å²) in [6.45, 7) is 1.26. The number of fused-ring (bicyclic) bond motifs is 1. The molecule has 1 aromatic rings. The van der Waals surface area contributed by atoms with Crippen molar-refractivity contribution in [1.82, 2.24) is 20.4 Å². The molecule has 136 valence electrons. The van der Waals surface area contributed by atoms with Gasteiger partial charge >= 0.3 is 0 Å². The number of hydrogen-bond donors (Lipinski definition) is 2. The lowest BCUT2D eigenvalue weighted by atomic mass is 9.93. The predicted molar refractivity (Wildman–Crippen MR) is 94.3 cm³/mol. The minimum absolute atomic E-state index is 0.00503. The van der Waals surface area contributed by atoms with Crippen molar-refractivity contribution in [3.05, 3.63) is 17.0 Å². The van der Waals surface area contributed by atoms with Crippen LogP contribution in [0.1, 0.15) is 73.1 Å². The fourth-order valence-corrected chi connectivity index (χ4v) is 4.59. The van der Waals surface area contributed by atoms with Crippen LogP contribution >= 0.6 is 0 Å². The first-order valence-corrected chi connectivity index (χ1v) is 9.88. The van der Waals surface area contributed by atoms with Gasteiger partial charge in [0.15, 0.2) is 5.69 Å². The molecule has 0 aromatic carbocycles. The Morgan fingerprint density at radius 1 is 1.04 bits per heavy atom. The highest BCUT2D eigenvalue weighted by Gasteiger charge is 2.33. The van der Waals surface area contributed by atoms with Crippen LogP contribution in [0.25, 0.3) is 0 Å². The van der Waals surface area contributed by atoms with Crippen LogP contribution in [-0.4, -0.2) is 46.0 Å². The first-order valence-electron chi connectivity index (χ1n) is 9.88. The summed E-state index contributed by atoms with van der Waals surface area (Å²) in [6.07, 6.45) is 10.7. The van der Waals surface area contributed by atoms with Crippen LogP contribution in [-0.2, 0) is 17.6 Å². The van der Waals surface area contributed by atoms with E-state index in [0.29, 0.717) is 18.3 Å². The average molecular weight is 344 g/mol. The maximum absolute atomic E-state index is 12.9. The summed E-state index contributed by atoms with van der Waals surface area (Å²) in [5.74, 6) is 0.0536. The van der Waals surface area contributed by atoms with E-state index in [1.807, 2.05) is 4.90 Å². The van der Waals surface area contributed by atoms with Crippen LogP contribution < -0.4 is 5.32 Å². The van der Waals surface area contributed by atoms with Gasteiger partial charge in [-0.25, -0.2) is 0 Å². The number of H-pyrrole nitrogens is 1. The number of nitrogens with zero attached hydrogens (tertiary/aromatic N) is 2. The highest BCUT2D eigenvalue weighted by atomic mass is 16.2. The number of aromatic amines is 1. The van der Waals surface area contributed by atoms with E-state index < -0.39 is 0 Å². The van der Waals surface area contributed by atoms with Gasteiger partial charge in [0, 0.05) is 30.4 Å². The van der Waals surface area contributed by atoms with Crippen molar-refractivity contribution < 1.29 is 9.59 Å². The van der Waals surface area contributed by atoms with Crippen molar-refractivity contribution in [2.45, 2.75) is 70.3 Å². The van der Waals surface area contributed by atoms with Crippen LogP contribution in [0.4, 0.5) is 0 Å². The average Bonchev–Trinajstić information content (AvgIpc) is 3.26. The summed E-state index contributed by atoms with van der Waals surface area (Å²) in [4.78, 5) is 27.4. The lowest BCUT2D eigenvalue weighted by Crippen LogP contribution is -2.48. The van der Waals surface area contributed by atoms with Gasteiger partial charge in [-0.1, -0.05) is 19.3 Å². The van der Waals surface area contributed by atoms with Gasteiger partial charge in [-0.05, 0) is 44.9 Å². The Bertz CT molecular complexity index is 648. The Hall–Kier alpha value is -1.85. The molecule has 25 heavy (non-hydrogen) atoms. The number of piperidine rings is 1. The number of carbonyl (C=O) groups is 2. The van der Waals surface area contributed by atoms with Gasteiger partial charge < -0.3 is 10.2 Å². The number of nitrogens with one attached hydrogen (secondary N) is 2. The summed E-state index contributed by atoms with van der Waals surface area (Å²) in [6, 6.07) is 0.335. The molecule has 1 aliphatic heterocycles. The van der Waals surface area contributed by atoms with E-state index in [4.69, 9.17) is 0 Å². The van der Waals surface area contributed by atoms with Crippen LogP contribution in [0.5, 0.6) is 0 Å². The second-order valence-electron chi connectivity index (χ2n) is 7.82. The number of aryl methyl sites for hydroxylation is 1. The van der Waals surface area contributed by atoms with Gasteiger partial charge in [-0.2, -0.15) is 5.10 Å². The van der Waals surface area contributed by atoms with E-state index in [2.05, 4.69) is 15.5 Å². The number of amides is 2. The fourth-order valence-electron chi connectivity index (χ4n) is 4.59. The van der Waals surface area contributed by atoms with Crippen molar-refractivity contribution in [1.29, 1.82) is 0 Å². The summed E-state index contributed by atoms with van der Waals surface area (Å²) < 4.78 is 0. The van der Waals surface area contributed by atoms with Crippen LogP contribution in [0.2, 0.25) is 0 Å². The predicted octanol–water partition coefficient (Wildman–Crippen LogP) is 2.20. The molecule has 1 atom stereocenters. The third kappa shape index (κ3) is 3.44. The molecular weight excluding hydrogens is 316 g/mol. The molecule has 0 radical (unpaired) electrons. The standard InChI is InChI=1S/C19H28N4O2/c24-18(20-14-7-2-1-3-8-14)13-6-5-11-23(12-13)19(25)17-15-9-4-10-16(15)21-22-17/h13-14H,1-12H2,(H,20,24)(H,21,22). The Morgan fingerprint density at radius 2 is 1.88 bits per heavy atom. The van der Waals surface area contributed by atoms with Crippen LogP contribution in [0.15, 0.2) is 0 Å². The van der Waals surface area contributed by atoms with E-state index in [0.717, 1.165) is 62.7 Å². The molecule has 6 nitrogen and oxygen atoms in total. The minimum atomic E-state index is -0.0772. The van der Waals surface area contributed by atoms with E-state index >= 15 is 0 Å². The Balaban J connectivity index is 1.38. The van der Waals surface area contributed by atoms with Gasteiger partial charge in [-0.3, -0.25) is 14.7 Å². The van der Waals surface area contributed by atoms with Crippen molar-refractivity contribution in [3.63, 3.8) is 0 Å². The Kier molecular flexibility index (Phi) is 4.77. The monoisotopic (exact) mass is 344 g/mol. The third-order valence-corrected chi connectivity index (χ3v) is 6.04. The smallest absolute Gasteiger partial charge is 0.274 e. The van der Waals surface area contributed by atoms with Crippen molar-refractivity contribution in [2.75, 3.05) is 13.1 Å². The lowest BCUT2D eigenvalue weighted by Gasteiger charge is -2.33. The van der Waals surface area contributed by atoms with Gasteiger partial charge in [0.25, 0.3) is 5.91 Å². The number of aromatic nitrogens is 2. The number of likely N-dealkylation sites (tertiary alicyclic amines) is 1. The second kappa shape index (κ2) is 7.18. The van der Waals surface area contributed by atoms with Gasteiger partial charge in [0.2, 0.25) is 5.91 Å². The molecule has 2 fully saturated rings. The highest BCUT2D eigenvalue weighted by molar-refractivity contribution is 5.94. The van der Waals surface area contributed by atoms with Crippen LogP contribution in [0, 0.1) is 5.92 Å². The zero-order valence-electron chi connectivity index (χ0n) is 14.9. The molecule has 1 aromatic heterocycles. The largest absolute Gasteiger partial charge is 0.353 e. The third-order valence-electron chi connectivity index (χ3n) is 6.04. The van der Waals surface area contributed by atoms with Crippen molar-refractivity contribution in [2.24, 2.45) is 5.92 Å². The summed E-state index contributed by atoms with van der Waals surface area (Å²) >= 11 is 0. The number of carbonyl (C=O) groups excluding carboxylic acids is 2. The summed E-state index contributed by atoms with van der Waals surface area (Å²) in [7, 11) is 0. The quantitative estimate of drug-likeness (QED) is 0.882. The molecule has 2 amide bonds. The number of hydrogen-bond acceptors (Lipinski definition) is 3. The second-order valence-corrected chi connectivity index (χ2v) is 7.82. The molecule has 1 saturated heterocycles. The van der Waals surface area contributed by atoms with Gasteiger partial charge in [0.05, 0.1) is 5.92 Å². The van der Waals surface area contributed by atoms with E-state index in [-0.39, 0.29) is 17.7 Å². The van der Waals surface area contributed by atoms with Gasteiger partial charge in [-0.15, -0.1) is 0 Å². The SMILES string of the molecule is O=C(NC1CCCCC1)C1CCCN(C(=O)c2n[nH]c3c2CCC3)C1.